The molecule has 1 amide bonds. The van der Waals surface area contributed by atoms with Crippen LogP contribution in [0.25, 0.3) is 10.2 Å². The van der Waals surface area contributed by atoms with Crippen molar-refractivity contribution in [2.45, 2.75) is 6.61 Å². The molecule has 7 nitrogen and oxygen atoms in total. The zero-order chi connectivity index (χ0) is 20.6. The summed E-state index contributed by atoms with van der Waals surface area (Å²) in [5, 5.41) is 3.09. The first-order valence-electron chi connectivity index (χ1n) is 9.93. The lowest BCUT2D eigenvalue weighted by atomic mass is 10.2. The maximum absolute atomic E-state index is 12.3. The number of hydrogen-bond donors (Lipinski definition) is 0. The molecule has 2 aromatic heterocycles. The highest BCUT2D eigenvalue weighted by atomic mass is 32.1. The van der Waals surface area contributed by atoms with Crippen molar-refractivity contribution in [1.82, 2.24) is 14.9 Å². The normalized spacial score (nSPS) is 14.5. The molecule has 3 aromatic rings. The molecule has 0 spiro atoms. The van der Waals surface area contributed by atoms with Gasteiger partial charge < -0.3 is 19.3 Å². The smallest absolute Gasteiger partial charge is 0.410 e. The number of piperazine rings is 1. The van der Waals surface area contributed by atoms with Crippen molar-refractivity contribution < 1.29 is 14.3 Å². The maximum Gasteiger partial charge on any atom is 0.410 e. The average Bonchev–Trinajstić information content (AvgIpc) is 3.28. The molecule has 0 radical (unpaired) electrons. The van der Waals surface area contributed by atoms with Gasteiger partial charge >= 0.3 is 6.09 Å². The van der Waals surface area contributed by atoms with Gasteiger partial charge in [0.2, 0.25) is 0 Å². The van der Waals surface area contributed by atoms with Gasteiger partial charge in [-0.05, 0) is 23.1 Å². The van der Waals surface area contributed by atoms with Crippen LogP contribution in [0, 0.1) is 0 Å². The van der Waals surface area contributed by atoms with Gasteiger partial charge in [0.25, 0.3) is 0 Å². The fourth-order valence-corrected chi connectivity index (χ4v) is 4.02. The minimum atomic E-state index is -0.284. The monoisotopic (exact) mass is 424 g/mol. The first-order chi connectivity index (χ1) is 14.8. The van der Waals surface area contributed by atoms with Crippen molar-refractivity contribution in [1.29, 1.82) is 0 Å². The highest BCUT2D eigenvalue weighted by Crippen LogP contribution is 2.27. The molecule has 1 fully saturated rings. The summed E-state index contributed by atoms with van der Waals surface area (Å²) in [7, 11) is 0. The van der Waals surface area contributed by atoms with Crippen LogP contribution in [0.2, 0.25) is 0 Å². The van der Waals surface area contributed by atoms with Crippen LogP contribution in [0.1, 0.15) is 5.56 Å². The van der Waals surface area contributed by atoms with Crippen LogP contribution < -0.4 is 4.90 Å². The van der Waals surface area contributed by atoms with Gasteiger partial charge in [-0.15, -0.1) is 11.3 Å². The molecule has 1 aliphatic heterocycles. The number of amides is 1. The third kappa shape index (κ3) is 5.14. The van der Waals surface area contributed by atoms with Crippen LogP contribution in [0.4, 0.5) is 10.6 Å². The summed E-state index contributed by atoms with van der Waals surface area (Å²) in [6, 6.07) is 12.1. The van der Waals surface area contributed by atoms with Crippen molar-refractivity contribution in [3.05, 3.63) is 65.8 Å². The van der Waals surface area contributed by atoms with E-state index in [-0.39, 0.29) is 12.7 Å². The molecule has 1 aromatic carbocycles. The number of carbonyl (C=O) groups excluding carboxylic acids is 1. The minimum Gasteiger partial charge on any atom is -0.445 e. The van der Waals surface area contributed by atoms with Crippen LogP contribution in [0.15, 0.2) is 60.3 Å². The van der Waals surface area contributed by atoms with Crippen LogP contribution in [0.3, 0.4) is 0 Å². The molecule has 0 bridgehead atoms. The van der Waals surface area contributed by atoms with E-state index in [1.165, 1.54) is 0 Å². The highest BCUT2D eigenvalue weighted by Gasteiger charge is 2.24. The van der Waals surface area contributed by atoms with Crippen molar-refractivity contribution in [3.8, 4) is 0 Å². The SMILES string of the molecule is O=C(OCC=CCOCc1ccccc1)N1CCN(c2ncnc3sccc23)CC1. The molecule has 8 heteroatoms. The zero-order valence-electron chi connectivity index (χ0n) is 16.6. The lowest BCUT2D eigenvalue weighted by molar-refractivity contribution is 0.109. The van der Waals surface area contributed by atoms with Crippen LogP contribution in [-0.2, 0) is 16.1 Å². The maximum atomic E-state index is 12.3. The van der Waals surface area contributed by atoms with Gasteiger partial charge in [-0.1, -0.05) is 36.4 Å². The number of anilines is 1. The van der Waals surface area contributed by atoms with Crippen LogP contribution >= 0.6 is 11.3 Å². The molecule has 1 aliphatic rings. The molecule has 30 heavy (non-hydrogen) atoms. The van der Waals surface area contributed by atoms with E-state index in [0.717, 1.165) is 34.7 Å². The first kappa shape index (κ1) is 20.3. The van der Waals surface area contributed by atoms with E-state index >= 15 is 0 Å². The van der Waals surface area contributed by atoms with Crippen molar-refractivity contribution in [3.63, 3.8) is 0 Å². The quantitative estimate of drug-likeness (QED) is 0.425. The molecule has 0 N–H and O–H groups in total. The Morgan fingerprint density at radius 2 is 1.83 bits per heavy atom. The summed E-state index contributed by atoms with van der Waals surface area (Å²) in [5.41, 5.74) is 1.14. The number of fused-ring (bicyclic) bond motifs is 1. The third-order valence-electron chi connectivity index (χ3n) is 4.87. The Labute approximate surface area is 179 Å². The second kappa shape index (κ2) is 10.2. The number of nitrogens with zero attached hydrogens (tertiary/aromatic N) is 4. The number of rotatable bonds is 7. The van der Waals surface area contributed by atoms with E-state index in [0.29, 0.717) is 26.3 Å². The number of hydrogen-bond acceptors (Lipinski definition) is 7. The van der Waals surface area contributed by atoms with E-state index in [9.17, 15) is 4.79 Å². The predicted octanol–water partition coefficient (Wildman–Crippen LogP) is 3.72. The molecule has 4 rings (SSSR count). The zero-order valence-corrected chi connectivity index (χ0v) is 17.5. The highest BCUT2D eigenvalue weighted by molar-refractivity contribution is 7.16. The topological polar surface area (TPSA) is 67.8 Å². The summed E-state index contributed by atoms with van der Waals surface area (Å²) in [6.07, 6.45) is 5.00. The van der Waals surface area contributed by atoms with E-state index in [1.54, 1.807) is 22.6 Å². The Hall–Kier alpha value is -2.97. The molecule has 0 unspecified atom stereocenters. The number of aromatic nitrogens is 2. The van der Waals surface area contributed by atoms with Gasteiger partial charge in [0.1, 0.15) is 23.6 Å². The van der Waals surface area contributed by atoms with Crippen LogP contribution in [0.5, 0.6) is 0 Å². The van der Waals surface area contributed by atoms with E-state index in [1.807, 2.05) is 53.9 Å². The molecule has 0 aliphatic carbocycles. The van der Waals surface area contributed by atoms with E-state index in [2.05, 4.69) is 14.9 Å². The summed E-state index contributed by atoms with van der Waals surface area (Å²) in [5.74, 6) is 0.938. The summed E-state index contributed by atoms with van der Waals surface area (Å²) < 4.78 is 10.9. The van der Waals surface area contributed by atoms with E-state index in [4.69, 9.17) is 9.47 Å². The molecule has 1 saturated heterocycles. The fourth-order valence-electron chi connectivity index (χ4n) is 3.30. The first-order valence-corrected chi connectivity index (χ1v) is 10.8. The Morgan fingerprint density at radius 3 is 2.67 bits per heavy atom. The number of carbonyl (C=O) groups is 1. The number of thiophene rings is 1. The summed E-state index contributed by atoms with van der Waals surface area (Å²) >= 11 is 1.61. The Bertz CT molecular complexity index is 984. The summed E-state index contributed by atoms with van der Waals surface area (Å²) in [4.78, 5) is 25.9. The summed E-state index contributed by atoms with van der Waals surface area (Å²) in [6.45, 7) is 3.97. The van der Waals surface area contributed by atoms with Gasteiger partial charge in [0.05, 0.1) is 18.6 Å². The lowest BCUT2D eigenvalue weighted by Gasteiger charge is -2.34. The molecule has 156 valence electrons. The third-order valence-corrected chi connectivity index (χ3v) is 5.69. The second-order valence-corrected chi connectivity index (χ2v) is 7.75. The average molecular weight is 425 g/mol. The standard InChI is InChI=1S/C22H24N4O3S/c27-22(29-14-5-4-13-28-16-18-6-2-1-3-7-18)26-11-9-25(10-12-26)20-19-8-15-30-21(19)24-17-23-20/h1-8,15,17H,9-14,16H2. The van der Waals surface area contributed by atoms with Crippen molar-refractivity contribution in [2.75, 3.05) is 44.3 Å². The lowest BCUT2D eigenvalue weighted by Crippen LogP contribution is -2.49. The van der Waals surface area contributed by atoms with Crippen molar-refractivity contribution >= 4 is 33.5 Å². The predicted molar refractivity (Wildman–Crippen MR) is 118 cm³/mol. The van der Waals surface area contributed by atoms with Gasteiger partial charge in [-0.2, -0.15) is 0 Å². The van der Waals surface area contributed by atoms with Gasteiger partial charge in [-0.3, -0.25) is 0 Å². The minimum absolute atomic E-state index is 0.245. The largest absolute Gasteiger partial charge is 0.445 e. The van der Waals surface area contributed by atoms with Crippen molar-refractivity contribution in [2.24, 2.45) is 0 Å². The Kier molecular flexibility index (Phi) is 6.89. The second-order valence-electron chi connectivity index (χ2n) is 6.86. The van der Waals surface area contributed by atoms with Gasteiger partial charge in [-0.25, -0.2) is 14.8 Å². The Balaban J connectivity index is 1.15. The molecule has 0 atom stereocenters. The van der Waals surface area contributed by atoms with Gasteiger partial charge in [0.15, 0.2) is 0 Å². The number of ether oxygens (including phenoxy) is 2. The fraction of sp³-hybridized carbons (Fsp3) is 0.318. The Morgan fingerprint density at radius 1 is 1.03 bits per heavy atom. The van der Waals surface area contributed by atoms with Crippen LogP contribution in [-0.4, -0.2) is 60.4 Å². The molecular formula is C22H24N4O3S. The number of benzene rings is 1. The van der Waals surface area contributed by atoms with Gasteiger partial charge in [0, 0.05) is 26.2 Å². The van der Waals surface area contributed by atoms with E-state index < -0.39 is 0 Å². The molecule has 3 heterocycles. The molecule has 0 saturated carbocycles. The molecular weight excluding hydrogens is 400 g/mol.